The zero-order valence-electron chi connectivity index (χ0n) is 16.3. The lowest BCUT2D eigenvalue weighted by Crippen LogP contribution is -1.98. The topological polar surface area (TPSA) is 23.8 Å². The Morgan fingerprint density at radius 1 is 0.690 bits per heavy atom. The van der Waals surface area contributed by atoms with Crippen molar-refractivity contribution in [3.05, 3.63) is 118 Å². The summed E-state index contributed by atoms with van der Waals surface area (Å²) in [4.78, 5) is 0. The van der Waals surface area contributed by atoms with E-state index in [-0.39, 0.29) is 0 Å². The zero-order chi connectivity index (χ0) is 20.6. The van der Waals surface area contributed by atoms with Gasteiger partial charge in [0, 0.05) is 0 Å². The minimum absolute atomic E-state index is 0.520. The molecule has 0 atom stereocenters. The number of rotatable bonds is 8. The summed E-state index contributed by atoms with van der Waals surface area (Å²) in [7, 11) is 0. The largest absolute Gasteiger partial charge is 0.205 e. The van der Waals surface area contributed by atoms with Gasteiger partial charge in [-0.05, 0) is 72.1 Å². The van der Waals surface area contributed by atoms with Gasteiger partial charge in [0.05, 0.1) is 0 Å². The fourth-order valence-electron chi connectivity index (χ4n) is 3.34. The highest BCUT2D eigenvalue weighted by molar-refractivity contribution is 5.35. The normalized spacial score (nSPS) is 10.5. The second kappa shape index (κ2) is 9.80. The summed E-state index contributed by atoms with van der Waals surface area (Å²) in [6.45, 7) is 3.76. The maximum Gasteiger partial charge on any atom is 0.144 e. The molecule has 0 heterocycles. The molecule has 0 saturated carbocycles. The first-order valence-corrected chi connectivity index (χ1v) is 9.73. The van der Waals surface area contributed by atoms with Crippen molar-refractivity contribution in [2.45, 2.75) is 32.1 Å². The van der Waals surface area contributed by atoms with Crippen molar-refractivity contribution in [2.24, 2.45) is 0 Å². The van der Waals surface area contributed by atoms with E-state index in [1.54, 1.807) is 6.07 Å². The van der Waals surface area contributed by atoms with Crippen LogP contribution in [0.4, 0.5) is 8.78 Å². The molecule has 3 heteroatoms. The van der Waals surface area contributed by atoms with Crippen LogP contribution in [0.15, 0.2) is 73.3 Å². The molecule has 0 aliphatic rings. The number of nitriles is 1. The van der Waals surface area contributed by atoms with Crippen molar-refractivity contribution in [3.8, 4) is 6.07 Å². The van der Waals surface area contributed by atoms with E-state index in [9.17, 15) is 8.78 Å². The van der Waals surface area contributed by atoms with Crippen LogP contribution in [0.3, 0.4) is 0 Å². The van der Waals surface area contributed by atoms with Gasteiger partial charge < -0.3 is 0 Å². The van der Waals surface area contributed by atoms with E-state index in [1.807, 2.05) is 6.08 Å². The molecule has 0 saturated heterocycles. The Morgan fingerprint density at radius 2 is 1.07 bits per heavy atom. The lowest BCUT2D eigenvalue weighted by molar-refractivity contribution is 0.573. The zero-order valence-corrected chi connectivity index (χ0v) is 16.3. The van der Waals surface area contributed by atoms with Gasteiger partial charge in [0.1, 0.15) is 23.3 Å². The van der Waals surface area contributed by atoms with Gasteiger partial charge in [0.15, 0.2) is 0 Å². The van der Waals surface area contributed by atoms with Crippen molar-refractivity contribution >= 4 is 0 Å². The number of nitrogens with zero attached hydrogens (tertiary/aromatic N) is 1. The third kappa shape index (κ3) is 5.62. The predicted octanol–water partition coefficient (Wildman–Crippen LogP) is 6.14. The fraction of sp³-hybridized carbons (Fsp3) is 0.192. The smallest absolute Gasteiger partial charge is 0.144 e. The van der Waals surface area contributed by atoms with Gasteiger partial charge >= 0.3 is 0 Å². The van der Waals surface area contributed by atoms with Gasteiger partial charge in [-0.25, -0.2) is 8.78 Å². The Morgan fingerprint density at radius 3 is 1.45 bits per heavy atom. The van der Waals surface area contributed by atoms with E-state index in [2.05, 4.69) is 55.1 Å². The second-order valence-corrected chi connectivity index (χ2v) is 7.17. The van der Waals surface area contributed by atoms with Crippen molar-refractivity contribution in [1.82, 2.24) is 0 Å². The lowest BCUT2D eigenvalue weighted by Gasteiger charge is -2.07. The Labute approximate surface area is 170 Å². The van der Waals surface area contributed by atoms with E-state index in [4.69, 9.17) is 5.26 Å². The molecule has 0 aliphatic carbocycles. The van der Waals surface area contributed by atoms with Crippen LogP contribution in [0.1, 0.15) is 33.4 Å². The molecule has 0 bridgehead atoms. The predicted molar refractivity (Wildman–Crippen MR) is 113 cm³/mol. The van der Waals surface area contributed by atoms with Crippen molar-refractivity contribution in [2.75, 3.05) is 0 Å². The molecule has 0 aliphatic heterocycles. The van der Waals surface area contributed by atoms with Crippen LogP contribution >= 0.6 is 0 Å². The number of halogens is 2. The molecular formula is C26H23F2N. The molecule has 146 valence electrons. The van der Waals surface area contributed by atoms with Gasteiger partial charge in [-0.1, -0.05) is 54.6 Å². The van der Waals surface area contributed by atoms with Crippen LogP contribution in [-0.2, 0) is 32.1 Å². The monoisotopic (exact) mass is 387 g/mol. The SMILES string of the molecule is C=CCc1ccc(CCc2ccc(CCc3cc(F)c(C#N)c(F)c3)cc2)cc1. The molecule has 0 fully saturated rings. The van der Waals surface area contributed by atoms with E-state index in [0.29, 0.717) is 18.4 Å². The van der Waals surface area contributed by atoms with Crippen molar-refractivity contribution in [1.29, 1.82) is 5.26 Å². The summed E-state index contributed by atoms with van der Waals surface area (Å²) in [6, 6.07) is 21.0. The van der Waals surface area contributed by atoms with Crippen LogP contribution in [0.5, 0.6) is 0 Å². The molecule has 0 radical (unpaired) electrons. The van der Waals surface area contributed by atoms with Gasteiger partial charge in [0.2, 0.25) is 0 Å². The van der Waals surface area contributed by atoms with Crippen LogP contribution in [0, 0.1) is 23.0 Å². The number of hydrogen-bond acceptors (Lipinski definition) is 1. The minimum atomic E-state index is -0.796. The molecule has 0 amide bonds. The highest BCUT2D eigenvalue weighted by Crippen LogP contribution is 2.17. The minimum Gasteiger partial charge on any atom is -0.205 e. The maximum absolute atomic E-state index is 13.7. The highest BCUT2D eigenvalue weighted by Gasteiger charge is 2.10. The number of benzene rings is 3. The van der Waals surface area contributed by atoms with E-state index in [1.165, 1.54) is 28.8 Å². The van der Waals surface area contributed by atoms with Crippen LogP contribution in [0.25, 0.3) is 0 Å². The molecular weight excluding hydrogens is 364 g/mol. The van der Waals surface area contributed by atoms with E-state index < -0.39 is 17.2 Å². The Hall–Kier alpha value is -3.25. The van der Waals surface area contributed by atoms with Crippen molar-refractivity contribution in [3.63, 3.8) is 0 Å². The summed E-state index contributed by atoms with van der Waals surface area (Å²) in [5.74, 6) is -1.59. The molecule has 0 spiro atoms. The number of hydrogen-bond donors (Lipinski definition) is 0. The summed E-state index contributed by atoms with van der Waals surface area (Å²) in [6.07, 6.45) is 5.96. The Kier molecular flexibility index (Phi) is 6.92. The molecule has 3 aromatic carbocycles. The van der Waals surface area contributed by atoms with Gasteiger partial charge in [0.25, 0.3) is 0 Å². The molecule has 3 rings (SSSR count). The van der Waals surface area contributed by atoms with Crippen LogP contribution < -0.4 is 0 Å². The van der Waals surface area contributed by atoms with Gasteiger partial charge in [-0.2, -0.15) is 5.26 Å². The molecule has 0 unspecified atom stereocenters. The average molecular weight is 387 g/mol. The van der Waals surface area contributed by atoms with Crippen LogP contribution in [-0.4, -0.2) is 0 Å². The van der Waals surface area contributed by atoms with E-state index in [0.717, 1.165) is 24.8 Å². The van der Waals surface area contributed by atoms with Gasteiger partial charge in [-0.15, -0.1) is 6.58 Å². The summed E-state index contributed by atoms with van der Waals surface area (Å²) >= 11 is 0. The first-order valence-electron chi connectivity index (χ1n) is 9.73. The van der Waals surface area contributed by atoms with E-state index >= 15 is 0 Å². The summed E-state index contributed by atoms with van der Waals surface area (Å²) in [5.41, 5.74) is 5.00. The Balaban J connectivity index is 1.53. The second-order valence-electron chi connectivity index (χ2n) is 7.17. The molecule has 1 nitrogen and oxygen atoms in total. The average Bonchev–Trinajstić information content (AvgIpc) is 2.72. The third-order valence-corrected chi connectivity index (χ3v) is 5.04. The third-order valence-electron chi connectivity index (χ3n) is 5.04. The van der Waals surface area contributed by atoms with Gasteiger partial charge in [-0.3, -0.25) is 0 Å². The molecule has 0 aromatic heterocycles. The van der Waals surface area contributed by atoms with Crippen molar-refractivity contribution < 1.29 is 8.78 Å². The summed E-state index contributed by atoms with van der Waals surface area (Å²) in [5, 5.41) is 8.74. The maximum atomic E-state index is 13.7. The quantitative estimate of drug-likeness (QED) is 0.426. The molecule has 29 heavy (non-hydrogen) atoms. The summed E-state index contributed by atoms with van der Waals surface area (Å²) < 4.78 is 27.4. The highest BCUT2D eigenvalue weighted by atomic mass is 19.1. The molecule has 0 N–H and O–H groups in total. The number of allylic oxidation sites excluding steroid dienone is 1. The fourth-order valence-corrected chi connectivity index (χ4v) is 3.34. The first-order chi connectivity index (χ1) is 14.1. The lowest BCUT2D eigenvalue weighted by atomic mass is 9.99. The Bertz CT molecular complexity index is 989. The van der Waals surface area contributed by atoms with Crippen LogP contribution in [0.2, 0.25) is 0 Å². The molecule has 3 aromatic rings. The first kappa shape index (κ1) is 20.5. The number of aryl methyl sites for hydroxylation is 4. The standard InChI is InChI=1S/C26H23F2N/c1-2-3-19-4-6-20(7-5-19)8-9-21-10-12-22(13-11-21)14-15-23-16-25(27)24(18-29)26(28)17-23/h2,4-7,10-13,16-17H,1,3,8-9,14-15H2.